The van der Waals surface area contributed by atoms with Crippen molar-refractivity contribution in [1.29, 1.82) is 0 Å². The van der Waals surface area contributed by atoms with Gasteiger partial charge in [0.25, 0.3) is 0 Å². The predicted octanol–water partition coefficient (Wildman–Crippen LogP) is 13.5. The van der Waals surface area contributed by atoms with E-state index in [1.165, 1.54) is 16.3 Å². The van der Waals surface area contributed by atoms with Gasteiger partial charge in [-0.3, -0.25) is 4.57 Å². The summed E-state index contributed by atoms with van der Waals surface area (Å²) in [5.74, 6) is 0.826. The van der Waals surface area contributed by atoms with Gasteiger partial charge in [0.2, 0.25) is 11.5 Å². The minimum atomic E-state index is 0.791. The maximum absolute atomic E-state index is 6.53. The number of hydrogen-bond acceptors (Lipinski definition) is 3. The van der Waals surface area contributed by atoms with Crippen LogP contribution in [0.5, 0.6) is 0 Å². The summed E-state index contributed by atoms with van der Waals surface area (Å²) in [5.41, 5.74) is 15.3. The summed E-state index contributed by atoms with van der Waals surface area (Å²) in [6.45, 7) is 0. The van der Waals surface area contributed by atoms with E-state index in [1.807, 2.05) is 30.3 Å². The molecule has 5 heterocycles. The van der Waals surface area contributed by atoms with E-state index < -0.39 is 0 Å². The zero-order chi connectivity index (χ0) is 37.2. The van der Waals surface area contributed by atoms with E-state index in [-0.39, 0.29) is 0 Å². The topological polar surface area (TPSA) is 53.4 Å². The second-order valence-electron chi connectivity index (χ2n) is 14.8. The number of hydrogen-bond donors (Lipinski definition) is 0. The summed E-state index contributed by atoms with van der Waals surface area (Å²) in [6, 6.07) is 64.2. The molecule has 0 atom stereocenters. The lowest BCUT2D eigenvalue weighted by Gasteiger charge is -2.10. The van der Waals surface area contributed by atoms with Gasteiger partial charge in [-0.25, -0.2) is 9.38 Å². The third-order valence-electron chi connectivity index (χ3n) is 11.7. The van der Waals surface area contributed by atoms with E-state index in [4.69, 9.17) is 13.8 Å². The monoisotopic (exact) mass is 730 g/mol. The Labute approximate surface area is 324 Å². The zero-order valence-electron chi connectivity index (χ0n) is 30.4. The molecule has 0 N–H and O–H groups in total. The molecule has 13 aromatic rings. The summed E-state index contributed by atoms with van der Waals surface area (Å²) in [7, 11) is 0. The van der Waals surface area contributed by atoms with Crippen LogP contribution in [0.25, 0.3) is 116 Å². The molecule has 0 fully saturated rings. The van der Waals surface area contributed by atoms with Crippen molar-refractivity contribution in [3.8, 4) is 33.6 Å². The van der Waals surface area contributed by atoms with E-state index in [9.17, 15) is 0 Å². The Kier molecular flexibility index (Phi) is 6.07. The van der Waals surface area contributed by atoms with Crippen LogP contribution < -0.4 is 0 Å². The number of aromatic nitrogens is 4. The van der Waals surface area contributed by atoms with Crippen LogP contribution in [-0.2, 0) is 0 Å². The first kappa shape index (κ1) is 30.5. The van der Waals surface area contributed by atoms with Gasteiger partial charge >= 0.3 is 0 Å². The van der Waals surface area contributed by atoms with Crippen molar-refractivity contribution < 1.29 is 8.83 Å². The van der Waals surface area contributed by atoms with Crippen molar-refractivity contribution in [2.45, 2.75) is 0 Å². The Bertz CT molecular complexity index is 3740. The summed E-state index contributed by atoms with van der Waals surface area (Å²) in [5, 5.41) is 5.75. The summed E-state index contributed by atoms with van der Waals surface area (Å²) >= 11 is 0. The molecule has 0 saturated carbocycles. The molecule has 0 radical (unpaired) electrons. The van der Waals surface area contributed by atoms with Gasteiger partial charge in [-0.2, -0.15) is 0 Å². The Morgan fingerprint density at radius 3 is 1.88 bits per heavy atom. The minimum absolute atomic E-state index is 0.791. The minimum Gasteiger partial charge on any atom is -0.455 e. The van der Waals surface area contributed by atoms with E-state index in [0.717, 1.165) is 100 Å². The number of para-hydroxylation sites is 5. The van der Waals surface area contributed by atoms with Crippen molar-refractivity contribution in [2.24, 2.45) is 0 Å². The molecule has 0 aliphatic rings. The summed E-state index contributed by atoms with van der Waals surface area (Å²) in [4.78, 5) is 5.26. The number of rotatable bonds is 4. The third-order valence-corrected chi connectivity index (χ3v) is 11.7. The highest BCUT2D eigenvalue weighted by Crippen LogP contribution is 2.40. The van der Waals surface area contributed by atoms with Gasteiger partial charge in [-0.15, -0.1) is 0 Å². The maximum Gasteiger partial charge on any atom is 0.232 e. The first-order valence-electron chi connectivity index (χ1n) is 19.2. The van der Waals surface area contributed by atoms with E-state index in [1.54, 1.807) is 0 Å². The Morgan fingerprint density at radius 2 is 1.04 bits per heavy atom. The molecule has 0 aliphatic carbocycles. The first-order valence-corrected chi connectivity index (χ1v) is 19.2. The average molecular weight is 731 g/mol. The molecule has 266 valence electrons. The van der Waals surface area contributed by atoms with Gasteiger partial charge in [0.15, 0.2) is 0 Å². The molecule has 0 amide bonds. The molecule has 6 heteroatoms. The van der Waals surface area contributed by atoms with Crippen LogP contribution in [0.3, 0.4) is 0 Å². The highest BCUT2D eigenvalue weighted by molar-refractivity contribution is 6.12. The van der Waals surface area contributed by atoms with E-state index >= 15 is 0 Å². The second-order valence-corrected chi connectivity index (χ2v) is 14.8. The number of benzene rings is 8. The van der Waals surface area contributed by atoms with Crippen LogP contribution >= 0.6 is 0 Å². The Balaban J connectivity index is 0.937. The SMILES string of the molecule is c1ccc(-n2c3c4ccccc4oc3n3c4ccc(-c5ccc6c(c5)c5ccccc5n6-c5ccc(-c6cccc7c6oc6ccccc67)cc5)cc4nc23)cc1. The predicted molar refractivity (Wildman–Crippen MR) is 232 cm³/mol. The molecular formula is C51H30N4O2. The van der Waals surface area contributed by atoms with Crippen LogP contribution in [0.2, 0.25) is 0 Å². The highest BCUT2D eigenvalue weighted by Gasteiger charge is 2.23. The quantitative estimate of drug-likeness (QED) is 0.181. The van der Waals surface area contributed by atoms with Crippen LogP contribution in [0, 0.1) is 0 Å². The van der Waals surface area contributed by atoms with Crippen molar-refractivity contribution in [3.63, 3.8) is 0 Å². The van der Waals surface area contributed by atoms with E-state index in [0.29, 0.717) is 0 Å². The number of fused-ring (bicyclic) bond motifs is 13. The lowest BCUT2D eigenvalue weighted by molar-refractivity contribution is 0.651. The molecule has 6 nitrogen and oxygen atoms in total. The molecule has 0 aliphatic heterocycles. The van der Waals surface area contributed by atoms with Crippen molar-refractivity contribution in [2.75, 3.05) is 0 Å². The Hall–Kier alpha value is -7.83. The van der Waals surface area contributed by atoms with Gasteiger partial charge in [-0.1, -0.05) is 109 Å². The van der Waals surface area contributed by atoms with Crippen LogP contribution in [-0.4, -0.2) is 18.5 Å². The molecule has 0 bridgehead atoms. The summed E-state index contributed by atoms with van der Waals surface area (Å²) in [6.07, 6.45) is 0. The van der Waals surface area contributed by atoms with Crippen LogP contribution in [0.1, 0.15) is 0 Å². The molecular weight excluding hydrogens is 701 g/mol. The van der Waals surface area contributed by atoms with Gasteiger partial charge in [0.05, 0.1) is 22.1 Å². The fraction of sp³-hybridized carbons (Fsp3) is 0. The smallest absolute Gasteiger partial charge is 0.232 e. The molecule has 13 rings (SSSR count). The third kappa shape index (κ3) is 4.26. The summed E-state index contributed by atoms with van der Waals surface area (Å²) < 4.78 is 19.6. The van der Waals surface area contributed by atoms with Crippen LogP contribution in [0.15, 0.2) is 191 Å². The standard InChI is InChI=1S/C51H30N4O2/c1-2-11-34(12-3-1)54-48-40-15-6-9-20-47(40)57-50(48)55-45-28-24-33(30-42(45)52-51(54)55)32-23-27-44-41(29-32)37-13-4-7-18-43(37)53(44)35-25-21-31(22-26-35)36-16-10-17-39-38-14-5-8-19-46(38)56-49(36)39/h1-30H. The lowest BCUT2D eigenvalue weighted by Crippen LogP contribution is -1.94. The second kappa shape index (κ2) is 11.4. The first-order chi connectivity index (χ1) is 28.3. The fourth-order valence-electron chi connectivity index (χ4n) is 9.10. The maximum atomic E-state index is 6.53. The lowest BCUT2D eigenvalue weighted by atomic mass is 10.0. The van der Waals surface area contributed by atoms with Gasteiger partial charge < -0.3 is 13.4 Å². The largest absolute Gasteiger partial charge is 0.455 e. The molecule has 8 aromatic carbocycles. The molecule has 5 aromatic heterocycles. The van der Waals surface area contributed by atoms with Crippen molar-refractivity contribution in [1.82, 2.24) is 18.5 Å². The number of imidazole rings is 2. The highest BCUT2D eigenvalue weighted by atomic mass is 16.3. The number of furan rings is 2. The van der Waals surface area contributed by atoms with Gasteiger partial charge in [0.1, 0.15) is 22.3 Å². The molecule has 0 unspecified atom stereocenters. The normalized spacial score (nSPS) is 12.2. The van der Waals surface area contributed by atoms with Crippen molar-refractivity contribution in [3.05, 3.63) is 182 Å². The van der Waals surface area contributed by atoms with Crippen molar-refractivity contribution >= 4 is 82.8 Å². The number of nitrogens with zero attached hydrogens (tertiary/aromatic N) is 4. The van der Waals surface area contributed by atoms with Gasteiger partial charge in [-0.05, 0) is 89.5 Å². The fourth-order valence-corrected chi connectivity index (χ4v) is 9.10. The molecule has 0 saturated heterocycles. The van der Waals surface area contributed by atoms with E-state index in [2.05, 4.69) is 165 Å². The van der Waals surface area contributed by atoms with Gasteiger partial charge in [0, 0.05) is 43.9 Å². The average Bonchev–Trinajstić information content (AvgIpc) is 4.07. The molecule has 57 heavy (non-hydrogen) atoms. The van der Waals surface area contributed by atoms with Crippen LogP contribution in [0.4, 0.5) is 0 Å². The molecule has 0 spiro atoms. The Morgan fingerprint density at radius 1 is 0.404 bits per heavy atom. The zero-order valence-corrected chi connectivity index (χ0v) is 30.4.